The van der Waals surface area contributed by atoms with Gasteiger partial charge in [0.2, 0.25) is 0 Å². The highest BCUT2D eigenvalue weighted by atomic mass is 32.2. The molecule has 8 heteroatoms. The summed E-state index contributed by atoms with van der Waals surface area (Å²) in [6, 6.07) is 12.2. The zero-order valence-electron chi connectivity index (χ0n) is 15.0. The number of carbonyl (C=O) groups is 1. The lowest BCUT2D eigenvalue weighted by Gasteiger charge is -2.06. The second-order valence-corrected chi connectivity index (χ2v) is 8.61. The van der Waals surface area contributed by atoms with Crippen LogP contribution in [0.5, 0.6) is 0 Å². The number of fused-ring (bicyclic) bond motifs is 1. The van der Waals surface area contributed by atoms with Gasteiger partial charge in [-0.2, -0.15) is 11.3 Å². The second-order valence-electron chi connectivity index (χ2n) is 5.89. The van der Waals surface area contributed by atoms with E-state index in [0.717, 1.165) is 22.4 Å². The third kappa shape index (κ3) is 3.76. The van der Waals surface area contributed by atoms with Crippen molar-refractivity contribution < 1.29 is 9.53 Å². The van der Waals surface area contributed by atoms with Crippen LogP contribution in [0.4, 0.5) is 5.69 Å². The Bertz CT molecular complexity index is 1110. The van der Waals surface area contributed by atoms with Crippen LogP contribution in [0.25, 0.3) is 21.5 Å². The van der Waals surface area contributed by atoms with Crippen LogP contribution in [-0.2, 0) is 10.5 Å². The Kier molecular flexibility index (Phi) is 5.61. The van der Waals surface area contributed by atoms with Crippen LogP contribution in [0.1, 0.15) is 22.2 Å². The van der Waals surface area contributed by atoms with E-state index in [1.807, 2.05) is 35.0 Å². The maximum Gasteiger partial charge on any atom is 0.350 e. The summed E-state index contributed by atoms with van der Waals surface area (Å²) in [6.07, 6.45) is 0. The number of rotatable bonds is 6. The van der Waals surface area contributed by atoms with Crippen molar-refractivity contribution in [2.75, 3.05) is 12.3 Å². The van der Waals surface area contributed by atoms with E-state index >= 15 is 0 Å². The molecular formula is C20H17N3O2S3. The lowest BCUT2D eigenvalue weighted by atomic mass is 10.1. The Morgan fingerprint density at radius 1 is 1.21 bits per heavy atom. The van der Waals surface area contributed by atoms with Gasteiger partial charge in [-0.3, -0.25) is 0 Å². The highest BCUT2D eigenvalue weighted by molar-refractivity contribution is 7.98. The third-order valence-corrected chi connectivity index (χ3v) is 6.72. The number of nitrogen functional groups attached to an aromatic ring is 1. The summed E-state index contributed by atoms with van der Waals surface area (Å²) in [4.78, 5) is 22.8. The lowest BCUT2D eigenvalue weighted by molar-refractivity contribution is 0.0533. The predicted octanol–water partition coefficient (Wildman–Crippen LogP) is 5.47. The van der Waals surface area contributed by atoms with Gasteiger partial charge in [-0.15, -0.1) is 11.3 Å². The van der Waals surface area contributed by atoms with Crippen LogP contribution in [0.15, 0.2) is 52.3 Å². The third-order valence-electron chi connectivity index (χ3n) is 4.03. The van der Waals surface area contributed by atoms with Crippen molar-refractivity contribution in [2.24, 2.45) is 0 Å². The van der Waals surface area contributed by atoms with Gasteiger partial charge in [0.15, 0.2) is 5.16 Å². The highest BCUT2D eigenvalue weighted by Gasteiger charge is 2.23. The van der Waals surface area contributed by atoms with Crippen molar-refractivity contribution in [1.82, 2.24) is 9.97 Å². The number of benzene rings is 1. The summed E-state index contributed by atoms with van der Waals surface area (Å²) >= 11 is 4.41. The zero-order valence-corrected chi connectivity index (χ0v) is 17.5. The lowest BCUT2D eigenvalue weighted by Crippen LogP contribution is -2.05. The molecule has 0 aliphatic rings. The molecule has 0 radical (unpaired) electrons. The Morgan fingerprint density at radius 3 is 2.75 bits per heavy atom. The Morgan fingerprint density at radius 2 is 2.04 bits per heavy atom. The zero-order chi connectivity index (χ0) is 19.5. The number of hydrogen-bond acceptors (Lipinski definition) is 8. The summed E-state index contributed by atoms with van der Waals surface area (Å²) < 4.78 is 5.14. The van der Waals surface area contributed by atoms with Crippen molar-refractivity contribution in [3.63, 3.8) is 0 Å². The number of nitrogens with two attached hydrogens (primary N) is 1. The number of nitrogens with zero attached hydrogens (tertiary/aromatic N) is 2. The average Bonchev–Trinajstić information content (AvgIpc) is 3.35. The van der Waals surface area contributed by atoms with E-state index in [-0.39, 0.29) is 0 Å². The fraction of sp³-hybridized carbons (Fsp3) is 0.150. The summed E-state index contributed by atoms with van der Waals surface area (Å²) in [6.45, 7) is 2.07. The van der Waals surface area contributed by atoms with Gasteiger partial charge in [0, 0.05) is 16.7 Å². The van der Waals surface area contributed by atoms with Crippen LogP contribution in [0.3, 0.4) is 0 Å². The maximum absolute atomic E-state index is 12.3. The molecule has 0 atom stereocenters. The van der Waals surface area contributed by atoms with E-state index in [1.165, 1.54) is 16.9 Å². The number of thiophene rings is 2. The molecule has 0 aliphatic carbocycles. The van der Waals surface area contributed by atoms with Gasteiger partial charge in [0.25, 0.3) is 0 Å². The fourth-order valence-corrected chi connectivity index (χ4v) is 5.23. The molecule has 0 amide bonds. The van der Waals surface area contributed by atoms with E-state index < -0.39 is 5.97 Å². The molecule has 4 rings (SSSR count). The second kappa shape index (κ2) is 8.30. The maximum atomic E-state index is 12.3. The fourth-order valence-electron chi connectivity index (χ4n) is 2.75. The van der Waals surface area contributed by atoms with E-state index in [2.05, 4.69) is 17.1 Å². The van der Waals surface area contributed by atoms with Crippen LogP contribution >= 0.6 is 34.4 Å². The summed E-state index contributed by atoms with van der Waals surface area (Å²) in [5.41, 5.74) is 9.63. The van der Waals surface area contributed by atoms with Gasteiger partial charge in [0.1, 0.15) is 9.71 Å². The minimum Gasteiger partial charge on any atom is -0.462 e. The summed E-state index contributed by atoms with van der Waals surface area (Å²) in [5.74, 6) is 0.346. The van der Waals surface area contributed by atoms with Crippen LogP contribution in [-0.4, -0.2) is 22.5 Å². The standard InChI is InChI=1S/C20H17N3O2S3/c1-2-25-19(24)17-15(21)14-16(13-8-9-26-11-13)22-20(23-18(14)28-17)27-10-12-6-4-3-5-7-12/h3-9,11H,2,10,21H2,1H3. The molecule has 142 valence electrons. The number of thioether (sulfide) groups is 1. The number of carbonyl (C=O) groups excluding carboxylic acids is 1. The van der Waals surface area contributed by atoms with E-state index in [1.54, 1.807) is 30.0 Å². The smallest absolute Gasteiger partial charge is 0.350 e. The molecule has 3 aromatic heterocycles. The Balaban J connectivity index is 1.78. The predicted molar refractivity (Wildman–Crippen MR) is 117 cm³/mol. The molecule has 0 aliphatic heterocycles. The normalized spacial score (nSPS) is 11.0. The molecule has 28 heavy (non-hydrogen) atoms. The van der Waals surface area contributed by atoms with Crippen LogP contribution < -0.4 is 5.73 Å². The quantitative estimate of drug-likeness (QED) is 0.250. The van der Waals surface area contributed by atoms with E-state index in [4.69, 9.17) is 15.5 Å². The minimum absolute atomic E-state index is 0.299. The topological polar surface area (TPSA) is 78.1 Å². The van der Waals surface area contributed by atoms with Crippen LogP contribution in [0.2, 0.25) is 0 Å². The van der Waals surface area contributed by atoms with Gasteiger partial charge < -0.3 is 10.5 Å². The van der Waals surface area contributed by atoms with Gasteiger partial charge in [-0.1, -0.05) is 42.1 Å². The Labute approximate surface area is 174 Å². The molecule has 2 N–H and O–H groups in total. The molecule has 0 bridgehead atoms. The number of ether oxygens (including phenoxy) is 1. The number of aromatic nitrogens is 2. The number of anilines is 1. The first-order chi connectivity index (χ1) is 13.7. The molecule has 0 spiro atoms. The summed E-state index contributed by atoms with van der Waals surface area (Å²) in [7, 11) is 0. The SMILES string of the molecule is CCOC(=O)c1sc2nc(SCc3ccccc3)nc(-c3ccsc3)c2c1N. The van der Waals surface area contributed by atoms with Gasteiger partial charge in [0.05, 0.1) is 23.4 Å². The van der Waals surface area contributed by atoms with Gasteiger partial charge in [-0.25, -0.2) is 14.8 Å². The first kappa shape index (κ1) is 18.9. The van der Waals surface area contributed by atoms with Crippen molar-refractivity contribution >= 4 is 56.3 Å². The average molecular weight is 428 g/mol. The Hall–Kier alpha value is -2.42. The van der Waals surface area contributed by atoms with Crippen molar-refractivity contribution in [3.8, 4) is 11.3 Å². The van der Waals surface area contributed by atoms with Crippen molar-refractivity contribution in [2.45, 2.75) is 17.8 Å². The molecular weight excluding hydrogens is 410 g/mol. The molecule has 1 aromatic carbocycles. The number of esters is 1. The van der Waals surface area contributed by atoms with Gasteiger partial charge in [-0.05, 0) is 23.9 Å². The van der Waals surface area contributed by atoms with Crippen molar-refractivity contribution in [3.05, 3.63) is 57.6 Å². The first-order valence-electron chi connectivity index (χ1n) is 8.63. The molecule has 0 fully saturated rings. The molecule has 0 saturated carbocycles. The number of hydrogen-bond donors (Lipinski definition) is 1. The highest BCUT2D eigenvalue weighted by Crippen LogP contribution is 2.40. The summed E-state index contributed by atoms with van der Waals surface area (Å²) in [5, 5.41) is 5.40. The van der Waals surface area contributed by atoms with Crippen LogP contribution in [0, 0.1) is 0 Å². The molecule has 3 heterocycles. The van der Waals surface area contributed by atoms with Gasteiger partial charge >= 0.3 is 5.97 Å². The molecule has 4 aromatic rings. The largest absolute Gasteiger partial charge is 0.462 e. The minimum atomic E-state index is -0.419. The van der Waals surface area contributed by atoms with Crippen molar-refractivity contribution in [1.29, 1.82) is 0 Å². The molecule has 5 nitrogen and oxygen atoms in total. The van der Waals surface area contributed by atoms with E-state index in [0.29, 0.717) is 27.2 Å². The monoisotopic (exact) mass is 427 g/mol. The first-order valence-corrected chi connectivity index (χ1v) is 11.4. The molecule has 0 saturated heterocycles. The van der Waals surface area contributed by atoms with E-state index in [9.17, 15) is 4.79 Å². The molecule has 0 unspecified atom stereocenters.